The van der Waals surface area contributed by atoms with Gasteiger partial charge in [-0.15, -0.1) is 11.8 Å². The van der Waals surface area contributed by atoms with E-state index < -0.39 is 0 Å². The van der Waals surface area contributed by atoms with Crippen molar-refractivity contribution >= 4 is 35.2 Å². The molecular weight excluding hydrogens is 386 g/mol. The molecule has 1 unspecified atom stereocenters. The Labute approximate surface area is 174 Å². The first-order chi connectivity index (χ1) is 14.2. The predicted molar refractivity (Wildman–Crippen MR) is 114 cm³/mol. The van der Waals surface area contributed by atoms with E-state index in [2.05, 4.69) is 20.2 Å². The lowest BCUT2D eigenvalue weighted by Gasteiger charge is -2.33. The van der Waals surface area contributed by atoms with E-state index >= 15 is 0 Å². The zero-order chi connectivity index (χ0) is 20.1. The highest BCUT2D eigenvalue weighted by molar-refractivity contribution is 7.99. The summed E-state index contributed by atoms with van der Waals surface area (Å²) >= 11 is 1.77. The third-order valence-electron chi connectivity index (χ3n) is 5.22. The van der Waals surface area contributed by atoms with E-state index in [1.54, 1.807) is 30.2 Å². The van der Waals surface area contributed by atoms with Crippen LogP contribution in [0.2, 0.25) is 0 Å². The van der Waals surface area contributed by atoms with E-state index in [1.807, 2.05) is 29.2 Å². The number of carbonyl (C=O) groups is 2. The van der Waals surface area contributed by atoms with Crippen molar-refractivity contribution < 1.29 is 9.59 Å². The molecule has 1 aromatic heterocycles. The molecule has 152 valence electrons. The van der Waals surface area contributed by atoms with Crippen LogP contribution < -0.4 is 15.1 Å². The topological polar surface area (TPSA) is 78.4 Å². The number of carbonyl (C=O) groups excluding carboxylic acids is 2. The van der Waals surface area contributed by atoms with Crippen molar-refractivity contribution in [3.8, 4) is 0 Å². The number of aromatic nitrogens is 2. The molecule has 2 aliphatic heterocycles. The highest BCUT2D eigenvalue weighted by Crippen LogP contribution is 2.34. The van der Waals surface area contributed by atoms with Crippen LogP contribution in [0, 0.1) is 0 Å². The predicted octanol–water partition coefficient (Wildman–Crippen LogP) is 2.48. The van der Waals surface area contributed by atoms with E-state index in [4.69, 9.17) is 0 Å². The number of anilines is 2. The number of nitrogens with zero attached hydrogens (tertiary/aromatic N) is 4. The summed E-state index contributed by atoms with van der Waals surface area (Å²) in [5.41, 5.74) is 0.958. The van der Waals surface area contributed by atoms with Crippen molar-refractivity contribution in [1.82, 2.24) is 15.3 Å². The number of fused-ring (bicyclic) bond motifs is 1. The quantitative estimate of drug-likeness (QED) is 0.814. The van der Waals surface area contributed by atoms with Crippen molar-refractivity contribution in [2.24, 2.45) is 0 Å². The van der Waals surface area contributed by atoms with Gasteiger partial charge in [0, 0.05) is 61.6 Å². The minimum Gasteiger partial charge on any atom is -0.352 e. The SMILES string of the molecule is O=C(CCC(=O)N1CCSc2ccccc21)NC1CCCN(c2ncccn2)C1. The van der Waals surface area contributed by atoms with Crippen molar-refractivity contribution in [2.45, 2.75) is 36.6 Å². The third kappa shape index (κ3) is 4.87. The van der Waals surface area contributed by atoms with Crippen LogP contribution in [0.15, 0.2) is 47.6 Å². The lowest BCUT2D eigenvalue weighted by Crippen LogP contribution is -2.48. The number of benzene rings is 1. The summed E-state index contributed by atoms with van der Waals surface area (Å²) in [5, 5.41) is 3.09. The van der Waals surface area contributed by atoms with Gasteiger partial charge in [0.25, 0.3) is 0 Å². The average molecular weight is 412 g/mol. The number of piperidine rings is 1. The molecule has 2 aliphatic rings. The van der Waals surface area contributed by atoms with Gasteiger partial charge >= 0.3 is 0 Å². The first kappa shape index (κ1) is 19.7. The van der Waals surface area contributed by atoms with Gasteiger partial charge in [-0.2, -0.15) is 0 Å². The van der Waals surface area contributed by atoms with Crippen molar-refractivity contribution in [2.75, 3.05) is 35.2 Å². The molecule has 1 N–H and O–H groups in total. The fourth-order valence-corrected chi connectivity index (χ4v) is 4.81. The number of thioether (sulfide) groups is 1. The fraction of sp³-hybridized carbons (Fsp3) is 0.429. The Bertz CT molecular complexity index is 863. The molecule has 3 heterocycles. The van der Waals surface area contributed by atoms with Gasteiger partial charge in [-0.05, 0) is 31.0 Å². The molecule has 0 spiro atoms. The molecule has 0 saturated carbocycles. The molecule has 1 aromatic carbocycles. The van der Waals surface area contributed by atoms with E-state index in [9.17, 15) is 9.59 Å². The normalized spacial score (nSPS) is 18.8. The van der Waals surface area contributed by atoms with Crippen molar-refractivity contribution in [1.29, 1.82) is 0 Å². The number of rotatable bonds is 5. The summed E-state index contributed by atoms with van der Waals surface area (Å²) in [6, 6.07) is 9.80. The zero-order valence-electron chi connectivity index (χ0n) is 16.3. The molecule has 0 aliphatic carbocycles. The second kappa shape index (κ2) is 9.26. The summed E-state index contributed by atoms with van der Waals surface area (Å²) in [6.07, 6.45) is 5.80. The van der Waals surface area contributed by atoms with Crippen LogP contribution in [0.3, 0.4) is 0 Å². The molecule has 8 heteroatoms. The van der Waals surface area contributed by atoms with Crippen LogP contribution in [0.4, 0.5) is 11.6 Å². The molecule has 4 rings (SSSR count). The first-order valence-corrected chi connectivity index (χ1v) is 11.0. The maximum absolute atomic E-state index is 12.7. The molecule has 2 aromatic rings. The molecule has 1 atom stereocenters. The van der Waals surface area contributed by atoms with Gasteiger partial charge in [-0.1, -0.05) is 12.1 Å². The molecule has 7 nitrogen and oxygen atoms in total. The van der Waals surface area contributed by atoms with Crippen LogP contribution in [0.25, 0.3) is 0 Å². The largest absolute Gasteiger partial charge is 0.352 e. The van der Waals surface area contributed by atoms with Crippen LogP contribution in [-0.2, 0) is 9.59 Å². The first-order valence-electron chi connectivity index (χ1n) is 10.0. The smallest absolute Gasteiger partial charge is 0.227 e. The van der Waals surface area contributed by atoms with E-state index in [0.717, 1.165) is 35.7 Å². The number of nitrogens with one attached hydrogen (secondary N) is 1. The lowest BCUT2D eigenvalue weighted by atomic mass is 10.1. The Kier molecular flexibility index (Phi) is 6.29. The maximum Gasteiger partial charge on any atom is 0.227 e. The summed E-state index contributed by atoms with van der Waals surface area (Å²) < 4.78 is 0. The summed E-state index contributed by atoms with van der Waals surface area (Å²) in [7, 11) is 0. The Balaban J connectivity index is 1.28. The van der Waals surface area contributed by atoms with Gasteiger partial charge in [0.05, 0.1) is 5.69 Å². The number of amides is 2. The van der Waals surface area contributed by atoms with E-state index in [1.165, 1.54) is 0 Å². The summed E-state index contributed by atoms with van der Waals surface area (Å²) in [6.45, 7) is 2.28. The summed E-state index contributed by atoms with van der Waals surface area (Å²) in [5.74, 6) is 1.52. The minimum atomic E-state index is -0.0705. The molecule has 1 fully saturated rings. The molecule has 1 saturated heterocycles. The van der Waals surface area contributed by atoms with Crippen LogP contribution >= 0.6 is 11.8 Å². The van der Waals surface area contributed by atoms with Crippen LogP contribution in [-0.4, -0.2) is 53.2 Å². The molecule has 29 heavy (non-hydrogen) atoms. The molecule has 0 bridgehead atoms. The molecule has 2 amide bonds. The Morgan fingerprint density at radius 3 is 2.79 bits per heavy atom. The highest BCUT2D eigenvalue weighted by Gasteiger charge is 2.25. The maximum atomic E-state index is 12.7. The summed E-state index contributed by atoms with van der Waals surface area (Å²) in [4.78, 5) is 38.8. The second-order valence-electron chi connectivity index (χ2n) is 7.26. The van der Waals surface area contributed by atoms with Gasteiger partial charge < -0.3 is 15.1 Å². The van der Waals surface area contributed by atoms with Crippen molar-refractivity contribution in [3.05, 3.63) is 42.7 Å². The highest BCUT2D eigenvalue weighted by atomic mass is 32.2. The lowest BCUT2D eigenvalue weighted by molar-refractivity contribution is -0.125. The van der Waals surface area contributed by atoms with Gasteiger partial charge in [-0.3, -0.25) is 9.59 Å². The van der Waals surface area contributed by atoms with E-state index in [-0.39, 0.29) is 30.7 Å². The van der Waals surface area contributed by atoms with E-state index in [0.29, 0.717) is 19.0 Å². The Morgan fingerprint density at radius 2 is 1.93 bits per heavy atom. The Morgan fingerprint density at radius 1 is 1.10 bits per heavy atom. The Hall–Kier alpha value is -2.61. The van der Waals surface area contributed by atoms with Crippen molar-refractivity contribution in [3.63, 3.8) is 0 Å². The van der Waals surface area contributed by atoms with Gasteiger partial charge in [0.2, 0.25) is 17.8 Å². The van der Waals surface area contributed by atoms with Gasteiger partial charge in [-0.25, -0.2) is 9.97 Å². The van der Waals surface area contributed by atoms with Gasteiger partial charge in [0.1, 0.15) is 0 Å². The minimum absolute atomic E-state index is 0.0101. The number of hydrogen-bond donors (Lipinski definition) is 1. The number of para-hydroxylation sites is 1. The standard InChI is InChI=1S/C21H25N5O2S/c27-19(24-16-5-3-12-25(15-16)21-22-10-4-11-23-21)8-9-20(28)26-13-14-29-18-7-2-1-6-17(18)26/h1-2,4,6-7,10-11,16H,3,5,8-9,12-15H2,(H,24,27). The third-order valence-corrected chi connectivity index (χ3v) is 6.26. The monoisotopic (exact) mass is 411 g/mol. The molecular formula is C21H25N5O2S. The van der Waals surface area contributed by atoms with Gasteiger partial charge in [0.15, 0.2) is 0 Å². The fourth-order valence-electron chi connectivity index (χ4n) is 3.81. The zero-order valence-corrected chi connectivity index (χ0v) is 17.1. The van der Waals surface area contributed by atoms with Crippen LogP contribution in [0.5, 0.6) is 0 Å². The average Bonchev–Trinajstić information content (AvgIpc) is 2.78. The second-order valence-corrected chi connectivity index (χ2v) is 8.40. The number of hydrogen-bond acceptors (Lipinski definition) is 6. The van der Waals surface area contributed by atoms with Crippen LogP contribution in [0.1, 0.15) is 25.7 Å². The molecule has 0 radical (unpaired) electrons.